The monoisotopic (exact) mass is 373 g/mol. The highest BCUT2D eigenvalue weighted by Gasteiger charge is 2.45. The first-order valence-electron chi connectivity index (χ1n) is 7.86. The molecule has 1 N–H and O–H groups in total. The molecular weight excluding hydrogens is 355 g/mol. The van der Waals surface area contributed by atoms with Crippen LogP contribution in [0.1, 0.15) is 32.8 Å². The zero-order valence-electron chi connectivity index (χ0n) is 14.4. The van der Waals surface area contributed by atoms with Gasteiger partial charge in [-0.2, -0.15) is 13.2 Å². The van der Waals surface area contributed by atoms with Crippen LogP contribution in [0.2, 0.25) is 0 Å². The van der Waals surface area contributed by atoms with Crippen LogP contribution < -0.4 is 10.2 Å². The fourth-order valence-corrected chi connectivity index (χ4v) is 3.12. The lowest BCUT2D eigenvalue weighted by molar-refractivity contribution is -0.384. The summed E-state index contributed by atoms with van der Waals surface area (Å²) in [6, 6.07) is 2.61. The minimum Gasteiger partial charge on any atom is -0.336 e. The Balaban J connectivity index is 2.53. The molecule has 0 radical (unpaired) electrons. The van der Waals surface area contributed by atoms with Crippen molar-refractivity contribution in [1.29, 1.82) is 0 Å². The highest BCUT2D eigenvalue weighted by Crippen LogP contribution is 2.41. The Morgan fingerprint density at radius 1 is 1.42 bits per heavy atom. The first-order valence-corrected chi connectivity index (χ1v) is 7.86. The first-order chi connectivity index (χ1) is 11.9. The van der Waals surface area contributed by atoms with Gasteiger partial charge in [0.05, 0.1) is 10.6 Å². The number of nitro benzene ring substituents is 1. The summed E-state index contributed by atoms with van der Waals surface area (Å²) >= 11 is 0. The van der Waals surface area contributed by atoms with Crippen molar-refractivity contribution in [3.8, 4) is 0 Å². The van der Waals surface area contributed by atoms with E-state index in [4.69, 9.17) is 0 Å². The van der Waals surface area contributed by atoms with E-state index in [0.717, 1.165) is 0 Å². The van der Waals surface area contributed by atoms with Crippen molar-refractivity contribution in [2.45, 2.75) is 44.8 Å². The predicted molar refractivity (Wildman–Crippen MR) is 86.8 cm³/mol. The second-order valence-corrected chi connectivity index (χ2v) is 6.65. The maximum absolute atomic E-state index is 12.7. The van der Waals surface area contributed by atoms with Gasteiger partial charge >= 0.3 is 12.1 Å². The Bertz CT molecular complexity index is 762. The number of nitro groups is 1. The summed E-state index contributed by atoms with van der Waals surface area (Å²) in [6.45, 7) is 5.09. The SMILES string of the molecule is CCN1C(=O)C(NC(=O)C(F)(F)F)CC(C)(C)c2ccc([N+](=O)[O-])cc21. The molecule has 142 valence electrons. The zero-order chi connectivity index (χ0) is 19.9. The summed E-state index contributed by atoms with van der Waals surface area (Å²) < 4.78 is 37.8. The fourth-order valence-electron chi connectivity index (χ4n) is 3.12. The number of carbonyl (C=O) groups excluding carboxylic acids is 2. The molecule has 7 nitrogen and oxygen atoms in total. The number of hydrogen-bond donors (Lipinski definition) is 1. The Morgan fingerprint density at radius 2 is 2.04 bits per heavy atom. The minimum atomic E-state index is -5.11. The van der Waals surface area contributed by atoms with E-state index in [0.29, 0.717) is 5.56 Å². The molecule has 1 heterocycles. The summed E-state index contributed by atoms with van der Waals surface area (Å²) in [6.07, 6.45) is -5.19. The van der Waals surface area contributed by atoms with Crippen LogP contribution in [-0.2, 0) is 15.0 Å². The lowest BCUT2D eigenvalue weighted by atomic mass is 9.79. The second-order valence-electron chi connectivity index (χ2n) is 6.65. The number of rotatable bonds is 3. The minimum absolute atomic E-state index is 0.0744. The fraction of sp³-hybridized carbons (Fsp3) is 0.500. The molecule has 1 atom stereocenters. The number of non-ortho nitro benzene ring substituents is 1. The van der Waals surface area contributed by atoms with E-state index < -0.39 is 34.4 Å². The van der Waals surface area contributed by atoms with Gasteiger partial charge in [0.25, 0.3) is 5.69 Å². The number of halogens is 3. The van der Waals surface area contributed by atoms with Crippen LogP contribution in [0.4, 0.5) is 24.5 Å². The van der Waals surface area contributed by atoms with Crippen molar-refractivity contribution in [2.75, 3.05) is 11.4 Å². The van der Waals surface area contributed by atoms with Gasteiger partial charge in [-0.3, -0.25) is 19.7 Å². The average molecular weight is 373 g/mol. The molecule has 0 aromatic heterocycles. The largest absolute Gasteiger partial charge is 0.471 e. The summed E-state index contributed by atoms with van der Waals surface area (Å²) in [5.41, 5.74) is -0.181. The lowest BCUT2D eigenvalue weighted by Gasteiger charge is -2.27. The Labute approximate surface area is 147 Å². The van der Waals surface area contributed by atoms with Crippen molar-refractivity contribution < 1.29 is 27.7 Å². The number of anilines is 1. The molecular formula is C16H18F3N3O4. The van der Waals surface area contributed by atoms with Crippen molar-refractivity contribution in [1.82, 2.24) is 5.32 Å². The molecule has 26 heavy (non-hydrogen) atoms. The standard InChI is InChI=1S/C16H18F3N3O4/c1-4-21-12-7-9(22(25)26)5-6-10(12)15(2,3)8-11(13(21)23)20-14(24)16(17,18)19/h5-7,11H,4,8H2,1-3H3,(H,20,24). The van der Waals surface area contributed by atoms with Gasteiger partial charge < -0.3 is 10.2 Å². The van der Waals surface area contributed by atoms with E-state index in [2.05, 4.69) is 0 Å². The number of amides is 2. The van der Waals surface area contributed by atoms with Crippen molar-refractivity contribution in [2.24, 2.45) is 0 Å². The molecule has 0 saturated heterocycles. The average Bonchev–Trinajstić information content (AvgIpc) is 2.60. The first kappa shape index (κ1) is 19.7. The highest BCUT2D eigenvalue weighted by atomic mass is 19.4. The molecule has 2 rings (SSSR count). The third-order valence-electron chi connectivity index (χ3n) is 4.37. The summed E-state index contributed by atoms with van der Waals surface area (Å²) in [4.78, 5) is 35.7. The topological polar surface area (TPSA) is 92.6 Å². The summed E-state index contributed by atoms with van der Waals surface area (Å²) in [7, 11) is 0. The van der Waals surface area contributed by atoms with E-state index in [-0.39, 0.29) is 24.3 Å². The highest BCUT2D eigenvalue weighted by molar-refractivity contribution is 6.01. The number of nitrogens with zero attached hydrogens (tertiary/aromatic N) is 2. The van der Waals surface area contributed by atoms with Gasteiger partial charge in [-0.25, -0.2) is 0 Å². The quantitative estimate of drug-likeness (QED) is 0.651. The van der Waals surface area contributed by atoms with E-state index in [1.54, 1.807) is 26.1 Å². The van der Waals surface area contributed by atoms with Gasteiger partial charge in [0, 0.05) is 18.7 Å². The van der Waals surface area contributed by atoms with Gasteiger partial charge in [0.2, 0.25) is 5.91 Å². The molecule has 0 saturated carbocycles. The van der Waals surface area contributed by atoms with Crippen LogP contribution in [0.15, 0.2) is 18.2 Å². The Kier molecular flexibility index (Phi) is 4.98. The van der Waals surface area contributed by atoms with Gasteiger partial charge in [-0.1, -0.05) is 13.8 Å². The molecule has 10 heteroatoms. The maximum Gasteiger partial charge on any atom is 0.471 e. The number of nitrogens with one attached hydrogen (secondary N) is 1. The number of hydrogen-bond acceptors (Lipinski definition) is 4. The molecule has 0 spiro atoms. The Morgan fingerprint density at radius 3 is 2.54 bits per heavy atom. The van der Waals surface area contributed by atoms with E-state index in [1.807, 2.05) is 0 Å². The zero-order valence-corrected chi connectivity index (χ0v) is 14.4. The van der Waals surface area contributed by atoms with Crippen LogP contribution >= 0.6 is 0 Å². The smallest absolute Gasteiger partial charge is 0.336 e. The molecule has 0 fully saturated rings. The van der Waals surface area contributed by atoms with Crippen LogP contribution in [0.3, 0.4) is 0 Å². The van der Waals surface area contributed by atoms with Gasteiger partial charge in [-0.05, 0) is 30.4 Å². The molecule has 2 amide bonds. The van der Waals surface area contributed by atoms with Crippen molar-refractivity contribution in [3.63, 3.8) is 0 Å². The number of benzene rings is 1. The summed E-state index contributed by atoms with van der Waals surface area (Å²) in [5, 5.41) is 12.8. The molecule has 0 aliphatic carbocycles. The van der Waals surface area contributed by atoms with Crippen LogP contribution in [-0.4, -0.2) is 35.5 Å². The number of carbonyl (C=O) groups is 2. The third kappa shape index (κ3) is 3.63. The Hall–Kier alpha value is -2.65. The van der Waals surface area contributed by atoms with E-state index in [1.165, 1.54) is 23.1 Å². The van der Waals surface area contributed by atoms with Gasteiger partial charge in [-0.15, -0.1) is 0 Å². The van der Waals surface area contributed by atoms with E-state index >= 15 is 0 Å². The normalized spacial score (nSPS) is 19.5. The number of alkyl halides is 3. The number of fused-ring (bicyclic) bond motifs is 1. The molecule has 0 bridgehead atoms. The summed E-state index contributed by atoms with van der Waals surface area (Å²) in [5.74, 6) is -2.93. The lowest BCUT2D eigenvalue weighted by Crippen LogP contribution is -2.52. The second kappa shape index (κ2) is 6.58. The van der Waals surface area contributed by atoms with Crippen molar-refractivity contribution >= 4 is 23.2 Å². The molecule has 1 aliphatic rings. The van der Waals surface area contributed by atoms with Crippen LogP contribution in [0.5, 0.6) is 0 Å². The third-order valence-corrected chi connectivity index (χ3v) is 4.37. The van der Waals surface area contributed by atoms with Gasteiger partial charge in [0.15, 0.2) is 0 Å². The molecule has 1 aromatic rings. The van der Waals surface area contributed by atoms with Gasteiger partial charge in [0.1, 0.15) is 6.04 Å². The number of likely N-dealkylation sites (N-methyl/N-ethyl adjacent to an activating group) is 1. The molecule has 1 aromatic carbocycles. The van der Waals surface area contributed by atoms with Crippen LogP contribution in [0.25, 0.3) is 0 Å². The molecule has 1 unspecified atom stereocenters. The van der Waals surface area contributed by atoms with Crippen LogP contribution in [0, 0.1) is 10.1 Å². The predicted octanol–water partition coefficient (Wildman–Crippen LogP) is 2.68. The molecule has 1 aliphatic heterocycles. The maximum atomic E-state index is 12.7. The van der Waals surface area contributed by atoms with E-state index in [9.17, 15) is 32.9 Å². The van der Waals surface area contributed by atoms with Crippen molar-refractivity contribution in [3.05, 3.63) is 33.9 Å².